The number of likely N-dealkylation sites (tertiary alicyclic amines) is 1. The van der Waals surface area contributed by atoms with E-state index >= 15 is 0 Å². The topological polar surface area (TPSA) is 59.4 Å². The molecule has 0 unspecified atom stereocenters. The Labute approximate surface area is 144 Å². The number of hydrogen-bond donors (Lipinski definition) is 1. The predicted octanol–water partition coefficient (Wildman–Crippen LogP) is 2.81. The van der Waals surface area contributed by atoms with Crippen LogP contribution in [0.5, 0.6) is 0 Å². The maximum atomic E-state index is 12.3. The summed E-state index contributed by atoms with van der Waals surface area (Å²) >= 11 is 0. The van der Waals surface area contributed by atoms with Crippen molar-refractivity contribution in [2.24, 2.45) is 11.3 Å². The molecule has 1 aromatic rings. The first-order valence-electron chi connectivity index (χ1n) is 8.92. The van der Waals surface area contributed by atoms with Gasteiger partial charge in [-0.3, -0.25) is 4.68 Å². The van der Waals surface area contributed by atoms with Crippen molar-refractivity contribution in [3.05, 3.63) is 18.0 Å². The third kappa shape index (κ3) is 3.43. The van der Waals surface area contributed by atoms with Gasteiger partial charge in [0, 0.05) is 49.4 Å². The van der Waals surface area contributed by atoms with Crippen molar-refractivity contribution in [2.75, 3.05) is 19.6 Å². The van der Waals surface area contributed by atoms with Crippen molar-refractivity contribution >= 4 is 6.09 Å². The Kier molecular flexibility index (Phi) is 4.36. The molecule has 134 valence electrons. The second-order valence-electron chi connectivity index (χ2n) is 8.72. The van der Waals surface area contributed by atoms with Crippen molar-refractivity contribution < 1.29 is 9.53 Å². The third-order valence-corrected chi connectivity index (χ3v) is 4.85. The van der Waals surface area contributed by atoms with Gasteiger partial charge < -0.3 is 15.0 Å². The molecule has 1 amide bonds. The van der Waals surface area contributed by atoms with E-state index in [1.807, 2.05) is 36.5 Å². The maximum absolute atomic E-state index is 12.3. The minimum absolute atomic E-state index is 0.128. The van der Waals surface area contributed by atoms with Gasteiger partial charge in [0.2, 0.25) is 0 Å². The van der Waals surface area contributed by atoms with Crippen LogP contribution in [0, 0.1) is 11.3 Å². The van der Waals surface area contributed by atoms with Crippen LogP contribution in [0.1, 0.15) is 52.6 Å². The van der Waals surface area contributed by atoms with E-state index in [0.717, 1.165) is 32.6 Å². The first kappa shape index (κ1) is 17.3. The Hall–Kier alpha value is -1.56. The lowest BCUT2D eigenvalue weighted by Gasteiger charge is -2.47. The summed E-state index contributed by atoms with van der Waals surface area (Å²) in [5.74, 6) is 0.579. The SMILES string of the molecule is CC(C)Cn1cc([C@@H]2NC[C@@]23CCN(C(=O)OC(C)(C)C)C3)cn1. The van der Waals surface area contributed by atoms with E-state index in [1.165, 1.54) is 5.56 Å². The van der Waals surface area contributed by atoms with Crippen molar-refractivity contribution in [3.63, 3.8) is 0 Å². The number of aromatic nitrogens is 2. The van der Waals surface area contributed by atoms with Crippen LogP contribution < -0.4 is 5.32 Å². The van der Waals surface area contributed by atoms with Crippen LogP contribution in [0.15, 0.2) is 12.4 Å². The van der Waals surface area contributed by atoms with Crippen molar-refractivity contribution in [1.29, 1.82) is 0 Å². The molecule has 2 aliphatic rings. The lowest BCUT2D eigenvalue weighted by atomic mass is 9.70. The Morgan fingerprint density at radius 1 is 1.50 bits per heavy atom. The summed E-state index contributed by atoms with van der Waals surface area (Å²) in [5, 5.41) is 8.02. The molecular formula is C18H30N4O2. The number of nitrogens with zero attached hydrogens (tertiary/aromatic N) is 3. The van der Waals surface area contributed by atoms with Gasteiger partial charge in [0.25, 0.3) is 0 Å². The summed E-state index contributed by atoms with van der Waals surface area (Å²) in [5.41, 5.74) is 0.915. The second kappa shape index (κ2) is 6.06. The van der Waals surface area contributed by atoms with Gasteiger partial charge in [-0.15, -0.1) is 0 Å². The van der Waals surface area contributed by atoms with E-state index < -0.39 is 5.60 Å². The molecule has 3 heterocycles. The zero-order valence-corrected chi connectivity index (χ0v) is 15.5. The molecule has 2 fully saturated rings. The van der Waals surface area contributed by atoms with Crippen molar-refractivity contribution in [1.82, 2.24) is 20.0 Å². The van der Waals surface area contributed by atoms with Crippen molar-refractivity contribution in [2.45, 2.75) is 59.2 Å². The molecule has 6 heteroatoms. The monoisotopic (exact) mass is 334 g/mol. The van der Waals surface area contributed by atoms with Crippen LogP contribution >= 0.6 is 0 Å². The molecule has 3 rings (SSSR count). The fourth-order valence-corrected chi connectivity index (χ4v) is 3.72. The van der Waals surface area contributed by atoms with E-state index in [-0.39, 0.29) is 17.6 Å². The molecule has 2 atom stereocenters. The highest BCUT2D eigenvalue weighted by molar-refractivity contribution is 5.68. The van der Waals surface area contributed by atoms with Gasteiger partial charge in [-0.1, -0.05) is 13.8 Å². The molecule has 1 spiro atoms. The third-order valence-electron chi connectivity index (χ3n) is 4.85. The van der Waals surface area contributed by atoms with Crippen molar-refractivity contribution in [3.8, 4) is 0 Å². The minimum Gasteiger partial charge on any atom is -0.444 e. The lowest BCUT2D eigenvalue weighted by Crippen LogP contribution is -2.57. The zero-order valence-electron chi connectivity index (χ0n) is 15.5. The van der Waals surface area contributed by atoms with Crippen LogP contribution in [0.25, 0.3) is 0 Å². The van der Waals surface area contributed by atoms with Crippen LogP contribution in [0.2, 0.25) is 0 Å². The molecule has 1 N–H and O–H groups in total. The van der Waals surface area contributed by atoms with E-state index in [1.54, 1.807) is 0 Å². The lowest BCUT2D eigenvalue weighted by molar-refractivity contribution is 0.0216. The number of carbonyl (C=O) groups excluding carboxylic acids is 1. The van der Waals surface area contributed by atoms with Crippen LogP contribution in [-0.2, 0) is 11.3 Å². The summed E-state index contributed by atoms with van der Waals surface area (Å²) in [7, 11) is 0. The number of ether oxygens (including phenoxy) is 1. The maximum Gasteiger partial charge on any atom is 0.410 e. The highest BCUT2D eigenvalue weighted by atomic mass is 16.6. The Bertz CT molecular complexity index is 604. The number of nitrogens with one attached hydrogen (secondary N) is 1. The van der Waals surface area contributed by atoms with E-state index in [2.05, 4.69) is 30.5 Å². The smallest absolute Gasteiger partial charge is 0.410 e. The summed E-state index contributed by atoms with van der Waals surface area (Å²) in [6.45, 7) is 13.5. The summed E-state index contributed by atoms with van der Waals surface area (Å²) < 4.78 is 7.54. The quantitative estimate of drug-likeness (QED) is 0.923. The molecule has 0 aliphatic carbocycles. The summed E-state index contributed by atoms with van der Waals surface area (Å²) in [6.07, 6.45) is 4.94. The largest absolute Gasteiger partial charge is 0.444 e. The molecule has 1 aromatic heterocycles. The normalized spacial score (nSPS) is 26.9. The second-order valence-corrected chi connectivity index (χ2v) is 8.72. The first-order chi connectivity index (χ1) is 11.2. The number of hydrogen-bond acceptors (Lipinski definition) is 4. The highest BCUT2D eigenvalue weighted by Gasteiger charge is 2.53. The number of carbonyl (C=O) groups is 1. The van der Waals surface area contributed by atoms with Crippen LogP contribution in [0.4, 0.5) is 4.79 Å². The van der Waals surface area contributed by atoms with E-state index in [9.17, 15) is 4.79 Å². The van der Waals surface area contributed by atoms with Gasteiger partial charge in [-0.05, 0) is 33.1 Å². The van der Waals surface area contributed by atoms with Crippen LogP contribution in [0.3, 0.4) is 0 Å². The van der Waals surface area contributed by atoms with E-state index in [4.69, 9.17) is 4.74 Å². The van der Waals surface area contributed by atoms with Gasteiger partial charge >= 0.3 is 6.09 Å². The molecule has 2 saturated heterocycles. The Balaban J connectivity index is 1.65. The first-order valence-corrected chi connectivity index (χ1v) is 8.92. The minimum atomic E-state index is -0.442. The molecule has 0 radical (unpaired) electrons. The average molecular weight is 334 g/mol. The standard InChI is InChI=1S/C18H30N4O2/c1-13(2)9-22-10-14(8-20-22)15-18(11-19-15)6-7-21(12-18)16(23)24-17(3,4)5/h8,10,13,15,19H,6-7,9,11-12H2,1-5H3/t15-,18+/m0/s1. The molecule has 2 aliphatic heterocycles. The summed E-state index contributed by atoms with van der Waals surface area (Å²) in [4.78, 5) is 14.2. The molecular weight excluding hydrogens is 304 g/mol. The fourth-order valence-electron chi connectivity index (χ4n) is 3.72. The van der Waals surface area contributed by atoms with Gasteiger partial charge in [0.05, 0.1) is 6.20 Å². The highest BCUT2D eigenvalue weighted by Crippen LogP contribution is 2.48. The number of amides is 1. The fraction of sp³-hybridized carbons (Fsp3) is 0.778. The van der Waals surface area contributed by atoms with Gasteiger partial charge in [-0.2, -0.15) is 5.10 Å². The molecule has 24 heavy (non-hydrogen) atoms. The summed E-state index contributed by atoms with van der Waals surface area (Å²) in [6, 6.07) is 0.283. The molecule has 0 aromatic carbocycles. The van der Waals surface area contributed by atoms with Gasteiger partial charge in [0.15, 0.2) is 0 Å². The number of rotatable bonds is 3. The Morgan fingerprint density at radius 3 is 2.83 bits per heavy atom. The van der Waals surface area contributed by atoms with Crippen LogP contribution in [-0.4, -0.2) is 46.0 Å². The Morgan fingerprint density at radius 2 is 2.25 bits per heavy atom. The zero-order chi connectivity index (χ0) is 17.5. The predicted molar refractivity (Wildman–Crippen MR) is 92.7 cm³/mol. The van der Waals surface area contributed by atoms with E-state index in [0.29, 0.717) is 5.92 Å². The molecule has 0 bridgehead atoms. The van der Waals surface area contributed by atoms with Gasteiger partial charge in [-0.25, -0.2) is 4.79 Å². The molecule has 0 saturated carbocycles. The average Bonchev–Trinajstić information content (AvgIpc) is 3.03. The molecule has 6 nitrogen and oxygen atoms in total. The van der Waals surface area contributed by atoms with Gasteiger partial charge in [0.1, 0.15) is 5.60 Å².